The third-order valence-corrected chi connectivity index (χ3v) is 0.606. The van der Waals surface area contributed by atoms with Crippen LogP contribution in [0.25, 0.3) is 0 Å². The molecule has 0 radical (unpaired) electrons. The summed E-state index contributed by atoms with van der Waals surface area (Å²) in [5.74, 6) is 0. The van der Waals surface area contributed by atoms with Gasteiger partial charge in [-0.2, -0.15) is 0 Å². The van der Waals surface area contributed by atoms with E-state index < -0.39 is 0 Å². The molecular formula is C5H8BrN. The summed E-state index contributed by atoms with van der Waals surface area (Å²) in [5, 5.41) is 0. The first-order chi connectivity index (χ1) is 3.27. The van der Waals surface area contributed by atoms with Gasteiger partial charge in [-0.25, -0.2) is 0 Å². The maximum atomic E-state index is 3.90. The Morgan fingerprint density at radius 1 is 1.71 bits per heavy atom. The first kappa shape index (κ1) is 6.89. The number of aliphatic imine (C=N–C) groups is 1. The van der Waals surface area contributed by atoms with Gasteiger partial charge in [0, 0.05) is 6.20 Å². The van der Waals surface area contributed by atoms with E-state index >= 15 is 0 Å². The Kier molecular flexibility index (Phi) is 4.00. The van der Waals surface area contributed by atoms with E-state index in [0.29, 0.717) is 0 Å². The van der Waals surface area contributed by atoms with Gasteiger partial charge < -0.3 is 0 Å². The first-order valence-corrected chi connectivity index (χ1v) is 2.87. The lowest BCUT2D eigenvalue weighted by Crippen LogP contribution is -1.66. The normalized spacial score (nSPS) is 13.3. The largest absolute Gasteiger partial charge is 0.254 e. The molecule has 0 aromatic rings. The number of allylic oxidation sites excluding steroid dienone is 1. The molecule has 0 spiro atoms. The molecule has 0 aromatic carbocycles. The molecule has 0 atom stereocenters. The van der Waals surface area contributed by atoms with Gasteiger partial charge in [-0.3, -0.25) is 4.99 Å². The van der Waals surface area contributed by atoms with E-state index in [4.69, 9.17) is 0 Å². The van der Waals surface area contributed by atoms with Crippen LogP contribution < -0.4 is 0 Å². The lowest BCUT2D eigenvalue weighted by atomic mass is 10.7. The van der Waals surface area contributed by atoms with Crippen molar-refractivity contribution in [2.45, 2.75) is 13.8 Å². The highest BCUT2D eigenvalue weighted by molar-refractivity contribution is 9.18. The van der Waals surface area contributed by atoms with Gasteiger partial charge in [-0.15, -0.1) is 0 Å². The van der Waals surface area contributed by atoms with Gasteiger partial charge in [-0.1, -0.05) is 6.08 Å². The van der Waals surface area contributed by atoms with E-state index in [-0.39, 0.29) is 0 Å². The van der Waals surface area contributed by atoms with Crippen molar-refractivity contribution in [3.05, 3.63) is 12.3 Å². The highest BCUT2D eigenvalue weighted by Crippen LogP contribution is 1.86. The number of rotatable bonds is 1. The molecule has 2 heteroatoms. The Morgan fingerprint density at radius 3 is 2.43 bits per heavy atom. The predicted molar refractivity (Wildman–Crippen MR) is 36.9 cm³/mol. The van der Waals surface area contributed by atoms with Crippen LogP contribution in [0, 0.1) is 0 Å². The summed E-state index contributed by atoms with van der Waals surface area (Å²) in [4.78, 5) is 3.90. The summed E-state index contributed by atoms with van der Waals surface area (Å²) in [6.45, 7) is 3.82. The molecule has 1 nitrogen and oxygen atoms in total. The van der Waals surface area contributed by atoms with Crippen LogP contribution in [0.3, 0.4) is 0 Å². The maximum Gasteiger partial charge on any atom is 0.0798 e. The fourth-order valence-electron chi connectivity index (χ4n) is 0.177. The van der Waals surface area contributed by atoms with Crippen molar-refractivity contribution < 1.29 is 0 Å². The minimum atomic E-state index is 0.908. The van der Waals surface area contributed by atoms with Crippen LogP contribution in [-0.2, 0) is 0 Å². The number of halogens is 1. The van der Waals surface area contributed by atoms with Crippen molar-refractivity contribution in [2.24, 2.45) is 4.99 Å². The Balaban J connectivity index is 3.46. The molecule has 0 rings (SSSR count). The summed E-state index contributed by atoms with van der Waals surface area (Å²) < 4.78 is 0.908. The van der Waals surface area contributed by atoms with Crippen molar-refractivity contribution in [1.82, 2.24) is 0 Å². The Bertz CT molecular complexity index is 90.3. The highest BCUT2D eigenvalue weighted by atomic mass is 79.9. The van der Waals surface area contributed by atoms with E-state index in [9.17, 15) is 0 Å². The molecule has 0 heterocycles. The molecule has 0 unspecified atom stereocenters. The molecule has 7 heavy (non-hydrogen) atoms. The quantitative estimate of drug-likeness (QED) is 0.524. The third-order valence-electron chi connectivity index (χ3n) is 0.402. The van der Waals surface area contributed by atoms with Gasteiger partial charge in [0.1, 0.15) is 0 Å². The molecule has 0 aliphatic carbocycles. The number of hydrogen-bond acceptors (Lipinski definition) is 1. The molecule has 0 saturated heterocycles. The summed E-state index contributed by atoms with van der Waals surface area (Å²) in [6.07, 6.45) is 3.62. The third kappa shape index (κ3) is 5.89. The Hall–Kier alpha value is -0.110. The van der Waals surface area contributed by atoms with Crippen molar-refractivity contribution in [3.63, 3.8) is 0 Å². The second kappa shape index (κ2) is 4.06. The standard InChI is InChI=1S/C5H8BrN/c1-3-4-7-5(2)6/h3-4H,1-2H3/b4-3+,7-5?. The van der Waals surface area contributed by atoms with Crippen LogP contribution >= 0.6 is 15.9 Å². The number of hydrogen-bond donors (Lipinski definition) is 0. The SMILES string of the molecule is C/C=C/N=C(C)Br. The van der Waals surface area contributed by atoms with Gasteiger partial charge >= 0.3 is 0 Å². The second-order valence-corrected chi connectivity index (χ2v) is 2.26. The molecule has 0 aromatic heterocycles. The minimum Gasteiger partial charge on any atom is -0.254 e. The summed E-state index contributed by atoms with van der Waals surface area (Å²) in [6, 6.07) is 0. The maximum absolute atomic E-state index is 3.90. The number of nitrogens with zero attached hydrogens (tertiary/aromatic N) is 1. The average molecular weight is 162 g/mol. The molecular weight excluding hydrogens is 154 g/mol. The summed E-state index contributed by atoms with van der Waals surface area (Å²) in [5.41, 5.74) is 0. The van der Waals surface area contributed by atoms with E-state index in [1.807, 2.05) is 19.9 Å². The van der Waals surface area contributed by atoms with Crippen LogP contribution in [0.4, 0.5) is 0 Å². The summed E-state index contributed by atoms with van der Waals surface area (Å²) >= 11 is 3.17. The van der Waals surface area contributed by atoms with Crippen LogP contribution in [0.1, 0.15) is 13.8 Å². The van der Waals surface area contributed by atoms with Crippen molar-refractivity contribution in [1.29, 1.82) is 0 Å². The van der Waals surface area contributed by atoms with Crippen LogP contribution in [0.5, 0.6) is 0 Å². The molecule has 40 valence electrons. The molecule has 0 bridgehead atoms. The van der Waals surface area contributed by atoms with E-state index in [1.165, 1.54) is 0 Å². The molecule has 0 aliphatic rings. The van der Waals surface area contributed by atoms with Gasteiger partial charge in [-0.05, 0) is 29.8 Å². The summed E-state index contributed by atoms with van der Waals surface area (Å²) in [7, 11) is 0. The zero-order valence-corrected chi connectivity index (χ0v) is 6.07. The second-order valence-electron chi connectivity index (χ2n) is 1.11. The fraction of sp³-hybridized carbons (Fsp3) is 0.400. The molecule has 0 fully saturated rings. The van der Waals surface area contributed by atoms with Gasteiger partial charge in [0.05, 0.1) is 4.62 Å². The van der Waals surface area contributed by atoms with Gasteiger partial charge in [0.2, 0.25) is 0 Å². The zero-order chi connectivity index (χ0) is 5.70. The van der Waals surface area contributed by atoms with Crippen molar-refractivity contribution in [3.8, 4) is 0 Å². The van der Waals surface area contributed by atoms with E-state index in [1.54, 1.807) is 6.20 Å². The van der Waals surface area contributed by atoms with Crippen LogP contribution in [-0.4, -0.2) is 4.62 Å². The minimum absolute atomic E-state index is 0.908. The highest BCUT2D eigenvalue weighted by Gasteiger charge is 1.69. The first-order valence-electron chi connectivity index (χ1n) is 2.08. The smallest absolute Gasteiger partial charge is 0.0798 e. The monoisotopic (exact) mass is 161 g/mol. The van der Waals surface area contributed by atoms with Crippen molar-refractivity contribution >= 4 is 20.6 Å². The zero-order valence-electron chi connectivity index (χ0n) is 4.48. The van der Waals surface area contributed by atoms with E-state index in [0.717, 1.165) is 4.62 Å². The van der Waals surface area contributed by atoms with E-state index in [2.05, 4.69) is 20.9 Å². The van der Waals surface area contributed by atoms with Crippen LogP contribution in [0.15, 0.2) is 17.3 Å². The predicted octanol–water partition coefficient (Wildman–Crippen LogP) is 2.33. The molecule has 0 saturated carbocycles. The topological polar surface area (TPSA) is 12.4 Å². The van der Waals surface area contributed by atoms with Gasteiger partial charge in [0.15, 0.2) is 0 Å². The van der Waals surface area contributed by atoms with Gasteiger partial charge in [0.25, 0.3) is 0 Å². The fourth-order valence-corrected chi connectivity index (χ4v) is 0.295. The molecule has 0 aliphatic heterocycles. The van der Waals surface area contributed by atoms with Crippen molar-refractivity contribution in [2.75, 3.05) is 0 Å². The molecule has 0 N–H and O–H groups in total. The Morgan fingerprint density at radius 2 is 2.29 bits per heavy atom. The van der Waals surface area contributed by atoms with Crippen LogP contribution in [0.2, 0.25) is 0 Å². The average Bonchev–Trinajstić information content (AvgIpc) is 1.61. The lowest BCUT2D eigenvalue weighted by molar-refractivity contribution is 1.53. The Labute approximate surface area is 52.3 Å². The lowest BCUT2D eigenvalue weighted by Gasteiger charge is -1.75. The molecule has 0 amide bonds.